The fourth-order valence-corrected chi connectivity index (χ4v) is 4.25. The van der Waals surface area contributed by atoms with Crippen LogP contribution in [0.3, 0.4) is 0 Å². The molecule has 0 bridgehead atoms. The summed E-state index contributed by atoms with van der Waals surface area (Å²) >= 11 is 0. The monoisotopic (exact) mass is 577 g/mol. The molecule has 1 atom stereocenters. The van der Waals surface area contributed by atoms with Crippen LogP contribution in [0.15, 0.2) is 76.1 Å². The van der Waals surface area contributed by atoms with E-state index in [-0.39, 0.29) is 24.4 Å². The lowest BCUT2D eigenvalue weighted by molar-refractivity contribution is 0.0963. The molecule has 1 unspecified atom stereocenters. The molecule has 1 aromatic carbocycles. The predicted molar refractivity (Wildman–Crippen MR) is 171 cm³/mol. The van der Waals surface area contributed by atoms with Crippen molar-refractivity contribution in [3.63, 3.8) is 0 Å². The highest BCUT2D eigenvalue weighted by Gasteiger charge is 2.22. The number of aliphatic hydroxyl groups excluding tert-OH is 1. The van der Waals surface area contributed by atoms with Crippen LogP contribution in [0.5, 0.6) is 5.75 Å². The van der Waals surface area contributed by atoms with E-state index < -0.39 is 0 Å². The minimum Gasteiger partial charge on any atom is -0.496 e. The van der Waals surface area contributed by atoms with Crippen molar-refractivity contribution in [1.29, 1.82) is 5.41 Å². The zero-order chi connectivity index (χ0) is 31.4. The Morgan fingerprint density at radius 1 is 1.19 bits per heavy atom. The Balaban J connectivity index is 2.25. The van der Waals surface area contributed by atoms with Gasteiger partial charge in [-0.05, 0) is 95.9 Å². The van der Waals surface area contributed by atoms with Crippen LogP contribution in [0.2, 0.25) is 0 Å². The lowest BCUT2D eigenvalue weighted by Crippen LogP contribution is -2.53. The third-order valence-corrected chi connectivity index (χ3v) is 6.87. The molecule has 0 aliphatic carbocycles. The first-order chi connectivity index (χ1) is 19.9. The maximum absolute atomic E-state index is 13.5. The number of amidine groups is 2. The number of carbonyl (C=O) groups is 1. The molecule has 0 saturated carbocycles. The van der Waals surface area contributed by atoms with Crippen LogP contribution in [0, 0.1) is 5.41 Å². The van der Waals surface area contributed by atoms with Gasteiger partial charge in [-0.2, -0.15) is 5.53 Å². The number of nitrogens with one attached hydrogen (secondary N) is 3. The molecule has 6 N–H and O–H groups in total. The molecule has 1 aliphatic heterocycles. The number of aliphatic hydroxyl groups is 1. The van der Waals surface area contributed by atoms with Crippen molar-refractivity contribution < 1.29 is 14.6 Å². The van der Waals surface area contributed by atoms with Crippen molar-refractivity contribution in [2.24, 2.45) is 10.8 Å². The molecule has 0 aromatic heterocycles. The number of rotatable bonds is 11. The molecule has 0 spiro atoms. The molecule has 1 amide bonds. The lowest BCUT2D eigenvalue weighted by atomic mass is 9.96. The lowest BCUT2D eigenvalue weighted by Gasteiger charge is -2.31. The number of nitrogens with two attached hydrogens (primary N) is 1. The number of aliphatic imine (C=N–C) groups is 1. The zero-order valence-electron chi connectivity index (χ0n) is 26.2. The molecule has 1 aromatic rings. The standard InChI is InChI=1S/C32H47N7O3/c1-21(2)11-10-15-35-25(7)38-16-14-26-18-30(42-8)28(17-27(26)19-38)32(41)36-29(22(3)4)13-9-12-23(5)31(33)39(37-34)24(6)20-40/h9-13,15,17-18,24,33,37,40H,14,16,19-20,34H2,1-8H3,(H,36,41)/b13-9-,15-10-,23-12+,33-31?,35-25?. The Bertz CT molecular complexity index is 1310. The first kappa shape index (κ1) is 34.2. The number of allylic oxidation sites excluding steroid dienone is 7. The van der Waals surface area contributed by atoms with Crippen LogP contribution in [0.1, 0.15) is 70.0 Å². The van der Waals surface area contributed by atoms with E-state index in [1.165, 1.54) is 10.6 Å². The first-order valence-corrected chi connectivity index (χ1v) is 14.0. The molecule has 228 valence electrons. The molecular formula is C32H47N7O3. The highest BCUT2D eigenvalue weighted by Crippen LogP contribution is 2.28. The largest absolute Gasteiger partial charge is 0.496 e. The Morgan fingerprint density at radius 3 is 2.50 bits per heavy atom. The van der Waals surface area contributed by atoms with Crippen LogP contribution in [0.4, 0.5) is 0 Å². The fraction of sp³-hybridized carbons (Fsp3) is 0.406. The van der Waals surface area contributed by atoms with Gasteiger partial charge in [0.15, 0.2) is 0 Å². The van der Waals surface area contributed by atoms with Gasteiger partial charge in [-0.15, -0.1) is 0 Å². The summed E-state index contributed by atoms with van der Waals surface area (Å²) < 4.78 is 5.62. The summed E-state index contributed by atoms with van der Waals surface area (Å²) in [5.41, 5.74) is 8.51. The number of hydrogen-bond donors (Lipinski definition) is 5. The summed E-state index contributed by atoms with van der Waals surface area (Å²) in [5.74, 6) is 6.85. The molecule has 10 nitrogen and oxygen atoms in total. The average molecular weight is 578 g/mol. The summed E-state index contributed by atoms with van der Waals surface area (Å²) in [6.45, 7) is 14.8. The van der Waals surface area contributed by atoms with Gasteiger partial charge in [-0.1, -0.05) is 29.4 Å². The second-order valence-electron chi connectivity index (χ2n) is 10.7. The van der Waals surface area contributed by atoms with Gasteiger partial charge >= 0.3 is 0 Å². The van der Waals surface area contributed by atoms with Gasteiger partial charge < -0.3 is 20.1 Å². The highest BCUT2D eigenvalue weighted by molar-refractivity contribution is 5.99. The van der Waals surface area contributed by atoms with Gasteiger partial charge in [0.05, 0.1) is 25.3 Å². The molecule has 1 aliphatic rings. The van der Waals surface area contributed by atoms with Crippen molar-refractivity contribution in [3.05, 3.63) is 87.8 Å². The van der Waals surface area contributed by atoms with Gasteiger partial charge in [-0.3, -0.25) is 21.1 Å². The van der Waals surface area contributed by atoms with Crippen molar-refractivity contribution in [1.82, 2.24) is 20.8 Å². The second-order valence-corrected chi connectivity index (χ2v) is 10.7. The molecule has 0 radical (unpaired) electrons. The van der Waals surface area contributed by atoms with Crippen molar-refractivity contribution in [2.75, 3.05) is 20.3 Å². The van der Waals surface area contributed by atoms with Gasteiger partial charge in [0, 0.05) is 25.0 Å². The number of benzene rings is 1. The van der Waals surface area contributed by atoms with Crippen LogP contribution < -0.4 is 21.4 Å². The quantitative estimate of drug-likeness (QED) is 0.0857. The van der Waals surface area contributed by atoms with E-state index in [0.717, 1.165) is 35.5 Å². The molecular weight excluding hydrogens is 530 g/mol. The fourth-order valence-electron chi connectivity index (χ4n) is 4.25. The van der Waals surface area contributed by atoms with E-state index in [1.807, 2.05) is 58.9 Å². The van der Waals surface area contributed by atoms with Crippen LogP contribution in [-0.2, 0) is 13.0 Å². The Kier molecular flexibility index (Phi) is 13.4. The van der Waals surface area contributed by atoms with Crippen LogP contribution >= 0.6 is 0 Å². The van der Waals surface area contributed by atoms with Gasteiger partial charge in [0.2, 0.25) is 0 Å². The molecule has 1 heterocycles. The van der Waals surface area contributed by atoms with Gasteiger partial charge in [0.1, 0.15) is 17.4 Å². The number of fused-ring (bicyclic) bond motifs is 1. The highest BCUT2D eigenvalue weighted by atomic mass is 16.5. The summed E-state index contributed by atoms with van der Waals surface area (Å²) in [4.78, 5) is 20.3. The zero-order valence-corrected chi connectivity index (χ0v) is 26.2. The third kappa shape index (κ3) is 9.54. The maximum atomic E-state index is 13.5. The normalized spacial score (nSPS) is 14.5. The maximum Gasteiger partial charge on any atom is 0.259 e. The van der Waals surface area contributed by atoms with Crippen molar-refractivity contribution in [2.45, 2.75) is 67.5 Å². The molecule has 0 fully saturated rings. The third-order valence-electron chi connectivity index (χ3n) is 6.87. The van der Waals surface area contributed by atoms with Crippen molar-refractivity contribution in [3.8, 4) is 5.75 Å². The number of ether oxygens (including phenoxy) is 1. The molecule has 0 saturated heterocycles. The minimum atomic E-state index is -0.373. The minimum absolute atomic E-state index is 0.128. The summed E-state index contributed by atoms with van der Waals surface area (Å²) in [7, 11) is 1.57. The first-order valence-electron chi connectivity index (χ1n) is 14.0. The smallest absolute Gasteiger partial charge is 0.259 e. The number of methoxy groups -OCH3 is 1. The number of hydrogen-bond acceptors (Lipinski definition) is 7. The summed E-state index contributed by atoms with van der Waals surface area (Å²) in [6.07, 6.45) is 11.9. The van der Waals surface area contributed by atoms with E-state index in [0.29, 0.717) is 29.1 Å². The average Bonchev–Trinajstić information content (AvgIpc) is 2.97. The molecule has 42 heavy (non-hydrogen) atoms. The summed E-state index contributed by atoms with van der Waals surface area (Å²) in [5, 5.41) is 22.2. The SMILES string of the molecule is COc1cc2c(cc1C(=O)NC(/C=C\C=C(/C)C(=N)N(NN)C(C)CO)=C(C)C)CN(C(C)=N/C=C\C=C(C)C)CC2. The molecule has 10 heteroatoms. The van der Waals surface area contributed by atoms with Crippen LogP contribution in [0.25, 0.3) is 0 Å². The number of amides is 1. The second kappa shape index (κ2) is 16.5. The van der Waals surface area contributed by atoms with E-state index >= 15 is 0 Å². The molecule has 2 rings (SSSR count). The van der Waals surface area contributed by atoms with E-state index in [4.69, 9.17) is 16.0 Å². The van der Waals surface area contributed by atoms with Crippen molar-refractivity contribution >= 4 is 17.6 Å². The van der Waals surface area contributed by atoms with Gasteiger partial charge in [-0.25, -0.2) is 4.99 Å². The Morgan fingerprint density at radius 2 is 1.90 bits per heavy atom. The van der Waals surface area contributed by atoms with E-state index in [2.05, 4.69) is 20.7 Å². The Labute approximate surface area is 250 Å². The van der Waals surface area contributed by atoms with Gasteiger partial charge in [0.25, 0.3) is 5.91 Å². The number of carbonyl (C=O) groups excluding carboxylic acids is 1. The predicted octanol–water partition coefficient (Wildman–Crippen LogP) is 4.52. The van der Waals surface area contributed by atoms with E-state index in [1.54, 1.807) is 45.4 Å². The topological polar surface area (TPSA) is 139 Å². The van der Waals surface area contributed by atoms with E-state index in [9.17, 15) is 9.90 Å². The Hall–Kier alpha value is -3.99. The number of hydrazine groups is 2. The number of nitrogens with zero attached hydrogens (tertiary/aromatic N) is 3. The van der Waals surface area contributed by atoms with Crippen LogP contribution in [-0.4, -0.2) is 58.9 Å². The summed E-state index contributed by atoms with van der Waals surface area (Å²) in [6, 6.07) is 3.50.